The maximum Gasteiger partial charge on any atom is -0.00162 e. The summed E-state index contributed by atoms with van der Waals surface area (Å²) in [5.74, 6) is 0.936. The predicted octanol–water partition coefficient (Wildman–Crippen LogP) is 6.21. The summed E-state index contributed by atoms with van der Waals surface area (Å²) in [6, 6.07) is 13.9. The van der Waals surface area contributed by atoms with Gasteiger partial charge in [0, 0.05) is 0 Å². The number of unbranched alkanes of at least 4 members (excludes halogenated alkanes) is 1. The first-order valence-electron chi connectivity index (χ1n) is 11.1. The number of nitrogens with zero attached hydrogens (tertiary/aromatic N) is 1. The van der Waals surface area contributed by atoms with E-state index < -0.39 is 0 Å². The van der Waals surface area contributed by atoms with Gasteiger partial charge < -0.3 is 4.90 Å². The zero-order valence-corrected chi connectivity index (χ0v) is 17.3. The molecule has 2 aromatic carbocycles. The fourth-order valence-electron chi connectivity index (χ4n) is 5.05. The molecule has 0 unspecified atom stereocenters. The van der Waals surface area contributed by atoms with Crippen LogP contribution >= 0.6 is 0 Å². The van der Waals surface area contributed by atoms with Crippen LogP contribution in [-0.4, -0.2) is 24.5 Å². The van der Waals surface area contributed by atoms with Gasteiger partial charge in [0.2, 0.25) is 0 Å². The molecule has 1 aliphatic heterocycles. The van der Waals surface area contributed by atoms with Crippen LogP contribution in [0, 0.1) is 12.8 Å². The van der Waals surface area contributed by atoms with E-state index >= 15 is 0 Å². The Morgan fingerprint density at radius 1 is 0.926 bits per heavy atom. The van der Waals surface area contributed by atoms with Crippen molar-refractivity contribution in [2.45, 2.75) is 65.2 Å². The number of likely N-dealkylation sites (tertiary alicyclic amines) is 1. The molecule has 0 atom stereocenters. The Kier molecular flexibility index (Phi) is 5.98. The molecule has 4 rings (SSSR count). The second kappa shape index (κ2) is 8.61. The minimum absolute atomic E-state index is 0.936. The molecule has 1 fully saturated rings. The molecular formula is C26H35N. The molecule has 0 bridgehead atoms. The summed E-state index contributed by atoms with van der Waals surface area (Å²) in [6.07, 6.45) is 10.5. The van der Waals surface area contributed by atoms with Crippen molar-refractivity contribution in [1.82, 2.24) is 4.90 Å². The number of aryl methyl sites for hydroxylation is 2. The zero-order chi connectivity index (χ0) is 18.6. The van der Waals surface area contributed by atoms with Crippen LogP contribution in [0.25, 0.3) is 11.1 Å². The molecule has 0 spiro atoms. The van der Waals surface area contributed by atoms with Crippen LogP contribution in [0.1, 0.15) is 61.3 Å². The van der Waals surface area contributed by atoms with Crippen LogP contribution < -0.4 is 0 Å². The van der Waals surface area contributed by atoms with Crippen LogP contribution in [0.4, 0.5) is 0 Å². The standard InChI is InChI=1S/C26H35N/c1-20-15-18-27(19-16-20)17-4-3-8-22-9-5-12-24(21(22)2)26-14-7-11-23-10-6-13-25(23)26/h5,7,9,11-12,14,20H,3-4,6,8,10,13,15-19H2,1-2H3. The first kappa shape index (κ1) is 18.7. The SMILES string of the molecule is Cc1c(CCCCN2CCC(C)CC2)cccc1-c1cccc2c1CCC2. The number of rotatable bonds is 6. The fraction of sp³-hybridized carbons (Fsp3) is 0.538. The van der Waals surface area contributed by atoms with Crippen LogP contribution in [0.5, 0.6) is 0 Å². The third-order valence-electron chi connectivity index (χ3n) is 6.93. The molecule has 1 aliphatic carbocycles. The van der Waals surface area contributed by atoms with Crippen molar-refractivity contribution in [3.63, 3.8) is 0 Å². The van der Waals surface area contributed by atoms with Gasteiger partial charge in [-0.3, -0.25) is 0 Å². The van der Waals surface area contributed by atoms with Crippen molar-refractivity contribution in [2.75, 3.05) is 19.6 Å². The van der Waals surface area contributed by atoms with E-state index in [1.165, 1.54) is 87.7 Å². The summed E-state index contributed by atoms with van der Waals surface area (Å²) in [4.78, 5) is 2.68. The van der Waals surface area contributed by atoms with Gasteiger partial charge in [-0.05, 0) is 117 Å². The van der Waals surface area contributed by atoms with Gasteiger partial charge in [0.1, 0.15) is 0 Å². The highest BCUT2D eigenvalue weighted by molar-refractivity contribution is 5.73. The Morgan fingerprint density at radius 2 is 1.70 bits per heavy atom. The molecule has 27 heavy (non-hydrogen) atoms. The molecule has 1 heteroatoms. The summed E-state index contributed by atoms with van der Waals surface area (Å²) < 4.78 is 0. The molecule has 0 aromatic heterocycles. The number of piperidine rings is 1. The fourth-order valence-corrected chi connectivity index (χ4v) is 5.05. The third-order valence-corrected chi connectivity index (χ3v) is 6.93. The van der Waals surface area contributed by atoms with E-state index in [-0.39, 0.29) is 0 Å². The normalized spacial score (nSPS) is 18.0. The van der Waals surface area contributed by atoms with E-state index in [1.54, 1.807) is 16.7 Å². The van der Waals surface area contributed by atoms with E-state index in [9.17, 15) is 0 Å². The molecule has 0 saturated carbocycles. The predicted molar refractivity (Wildman–Crippen MR) is 116 cm³/mol. The zero-order valence-electron chi connectivity index (χ0n) is 17.3. The average Bonchev–Trinajstić information content (AvgIpc) is 3.17. The van der Waals surface area contributed by atoms with E-state index in [4.69, 9.17) is 0 Å². The van der Waals surface area contributed by atoms with Crippen LogP contribution in [0.2, 0.25) is 0 Å². The van der Waals surface area contributed by atoms with Crippen molar-refractivity contribution in [2.24, 2.45) is 5.92 Å². The Bertz CT molecular complexity index is 768. The lowest BCUT2D eigenvalue weighted by Crippen LogP contribution is -2.33. The van der Waals surface area contributed by atoms with Crippen molar-refractivity contribution >= 4 is 0 Å². The minimum atomic E-state index is 0.936. The largest absolute Gasteiger partial charge is 0.303 e. The molecule has 1 nitrogen and oxygen atoms in total. The van der Waals surface area contributed by atoms with E-state index in [0.29, 0.717) is 0 Å². The van der Waals surface area contributed by atoms with E-state index in [0.717, 1.165) is 5.92 Å². The monoisotopic (exact) mass is 361 g/mol. The highest BCUT2D eigenvalue weighted by atomic mass is 15.1. The van der Waals surface area contributed by atoms with Gasteiger partial charge in [-0.1, -0.05) is 43.3 Å². The van der Waals surface area contributed by atoms with Crippen LogP contribution in [-0.2, 0) is 19.3 Å². The maximum absolute atomic E-state index is 2.68. The molecule has 144 valence electrons. The van der Waals surface area contributed by atoms with E-state index in [1.807, 2.05) is 0 Å². The molecule has 1 saturated heterocycles. The Hall–Kier alpha value is -1.60. The molecule has 0 N–H and O–H groups in total. The topological polar surface area (TPSA) is 3.24 Å². The van der Waals surface area contributed by atoms with Gasteiger partial charge in [-0.15, -0.1) is 0 Å². The summed E-state index contributed by atoms with van der Waals surface area (Å²) in [5.41, 5.74) is 9.20. The Labute approximate surface area is 165 Å². The Morgan fingerprint density at radius 3 is 2.56 bits per heavy atom. The van der Waals surface area contributed by atoms with Gasteiger partial charge in [-0.25, -0.2) is 0 Å². The van der Waals surface area contributed by atoms with Crippen molar-refractivity contribution in [3.8, 4) is 11.1 Å². The molecule has 2 aliphatic rings. The van der Waals surface area contributed by atoms with E-state index in [2.05, 4.69) is 55.1 Å². The van der Waals surface area contributed by atoms with Crippen molar-refractivity contribution in [3.05, 3.63) is 58.7 Å². The third kappa shape index (κ3) is 4.29. The molecule has 0 radical (unpaired) electrons. The van der Waals surface area contributed by atoms with Crippen molar-refractivity contribution < 1.29 is 0 Å². The average molecular weight is 362 g/mol. The number of hydrogen-bond acceptors (Lipinski definition) is 1. The second-order valence-electron chi connectivity index (χ2n) is 8.87. The van der Waals surface area contributed by atoms with Gasteiger partial charge >= 0.3 is 0 Å². The summed E-state index contributed by atoms with van der Waals surface area (Å²) in [7, 11) is 0. The maximum atomic E-state index is 2.68. The first-order chi connectivity index (χ1) is 13.2. The smallest absolute Gasteiger partial charge is 0.00162 e. The molecule has 2 aromatic rings. The lowest BCUT2D eigenvalue weighted by Gasteiger charge is -2.30. The van der Waals surface area contributed by atoms with Gasteiger partial charge in [0.25, 0.3) is 0 Å². The Balaban J connectivity index is 1.39. The molecular weight excluding hydrogens is 326 g/mol. The van der Waals surface area contributed by atoms with Gasteiger partial charge in [0.15, 0.2) is 0 Å². The lowest BCUT2D eigenvalue weighted by molar-refractivity contribution is 0.189. The van der Waals surface area contributed by atoms with Crippen molar-refractivity contribution in [1.29, 1.82) is 0 Å². The summed E-state index contributed by atoms with van der Waals surface area (Å²) in [5, 5.41) is 0. The molecule has 1 heterocycles. The highest BCUT2D eigenvalue weighted by Crippen LogP contribution is 2.35. The molecule has 0 amide bonds. The lowest BCUT2D eigenvalue weighted by atomic mass is 9.90. The van der Waals surface area contributed by atoms with Crippen LogP contribution in [0.15, 0.2) is 36.4 Å². The number of fused-ring (bicyclic) bond motifs is 1. The second-order valence-corrected chi connectivity index (χ2v) is 8.87. The van der Waals surface area contributed by atoms with Gasteiger partial charge in [-0.2, -0.15) is 0 Å². The van der Waals surface area contributed by atoms with Gasteiger partial charge in [0.05, 0.1) is 0 Å². The summed E-state index contributed by atoms with van der Waals surface area (Å²) in [6.45, 7) is 8.65. The highest BCUT2D eigenvalue weighted by Gasteiger charge is 2.17. The number of benzene rings is 2. The number of hydrogen-bond donors (Lipinski definition) is 0. The minimum Gasteiger partial charge on any atom is -0.303 e. The summed E-state index contributed by atoms with van der Waals surface area (Å²) >= 11 is 0. The first-order valence-corrected chi connectivity index (χ1v) is 11.1. The quantitative estimate of drug-likeness (QED) is 0.553. The van der Waals surface area contributed by atoms with Crippen LogP contribution in [0.3, 0.4) is 0 Å².